The second-order valence-corrected chi connectivity index (χ2v) is 10.4. The van der Waals surface area contributed by atoms with E-state index in [9.17, 15) is 4.79 Å². The quantitative estimate of drug-likeness (QED) is 0.478. The zero-order valence-corrected chi connectivity index (χ0v) is 13.2. The van der Waals surface area contributed by atoms with Crippen LogP contribution >= 0.6 is 0 Å². The normalized spacial score (nSPS) is 12.2. The Balaban J connectivity index is 2.64. The van der Waals surface area contributed by atoms with Crippen molar-refractivity contribution in [2.24, 2.45) is 0 Å². The monoisotopic (exact) mass is 274 g/mol. The van der Waals surface area contributed by atoms with Gasteiger partial charge < -0.3 is 4.74 Å². The Morgan fingerprint density at radius 2 is 1.89 bits per heavy atom. The van der Waals surface area contributed by atoms with Crippen molar-refractivity contribution < 1.29 is 9.53 Å². The number of carbonyl (C=O) groups excluding carboxylic acids is 1. The van der Waals surface area contributed by atoms with Gasteiger partial charge in [0.15, 0.2) is 6.10 Å². The third-order valence-corrected chi connectivity index (χ3v) is 3.35. The smallest absolute Gasteiger partial charge is 0.303 e. The fourth-order valence-electron chi connectivity index (χ4n) is 1.60. The van der Waals surface area contributed by atoms with Gasteiger partial charge in [0, 0.05) is 6.92 Å². The van der Waals surface area contributed by atoms with Gasteiger partial charge in [-0.15, -0.1) is 5.54 Å². The highest BCUT2D eigenvalue weighted by Gasteiger charge is 2.12. The first-order chi connectivity index (χ1) is 8.87. The van der Waals surface area contributed by atoms with E-state index in [1.54, 1.807) is 0 Å². The molecule has 102 valence electrons. The van der Waals surface area contributed by atoms with E-state index in [0.717, 1.165) is 12.8 Å². The van der Waals surface area contributed by atoms with Crippen LogP contribution < -0.4 is 0 Å². The predicted octanol–water partition coefficient (Wildman–Crippen LogP) is 3.43. The summed E-state index contributed by atoms with van der Waals surface area (Å²) in [6.07, 6.45) is 1.34. The maximum absolute atomic E-state index is 11.1. The SMILES string of the molecule is CC(=O)OC(C#C[Si](C)(C)C)CCc1ccccc1. The summed E-state index contributed by atoms with van der Waals surface area (Å²) >= 11 is 0. The number of rotatable bonds is 4. The Hall–Kier alpha value is -1.53. The Morgan fingerprint density at radius 3 is 2.42 bits per heavy atom. The first kappa shape index (κ1) is 15.5. The highest BCUT2D eigenvalue weighted by Crippen LogP contribution is 2.08. The van der Waals surface area contributed by atoms with Crippen LogP contribution in [0.25, 0.3) is 0 Å². The van der Waals surface area contributed by atoms with Crippen LogP contribution in [0, 0.1) is 11.5 Å². The lowest BCUT2D eigenvalue weighted by atomic mass is 10.1. The summed E-state index contributed by atoms with van der Waals surface area (Å²) in [6.45, 7) is 7.98. The molecule has 0 N–H and O–H groups in total. The molecule has 0 heterocycles. The van der Waals surface area contributed by atoms with Gasteiger partial charge in [-0.25, -0.2) is 0 Å². The molecule has 1 aromatic rings. The molecule has 0 radical (unpaired) electrons. The number of carbonyl (C=O) groups is 1. The van der Waals surface area contributed by atoms with Gasteiger partial charge in [0.1, 0.15) is 8.07 Å². The van der Waals surface area contributed by atoms with Crippen LogP contribution in [0.3, 0.4) is 0 Å². The molecule has 0 aliphatic rings. The lowest BCUT2D eigenvalue weighted by Crippen LogP contribution is -2.20. The Bertz CT molecular complexity index is 463. The van der Waals surface area contributed by atoms with Crippen molar-refractivity contribution in [1.82, 2.24) is 0 Å². The van der Waals surface area contributed by atoms with Gasteiger partial charge in [0.25, 0.3) is 0 Å². The van der Waals surface area contributed by atoms with Crippen molar-refractivity contribution in [3.63, 3.8) is 0 Å². The second-order valence-electron chi connectivity index (χ2n) is 5.64. The van der Waals surface area contributed by atoms with E-state index in [4.69, 9.17) is 4.74 Å². The molecule has 0 saturated carbocycles. The van der Waals surface area contributed by atoms with Crippen LogP contribution in [0.4, 0.5) is 0 Å². The molecule has 0 spiro atoms. The molecule has 0 amide bonds. The van der Waals surface area contributed by atoms with E-state index < -0.39 is 8.07 Å². The number of hydrogen-bond acceptors (Lipinski definition) is 2. The van der Waals surface area contributed by atoms with Crippen LogP contribution in [-0.2, 0) is 16.0 Å². The van der Waals surface area contributed by atoms with Crippen molar-refractivity contribution in [2.45, 2.75) is 45.5 Å². The van der Waals surface area contributed by atoms with E-state index in [1.807, 2.05) is 18.2 Å². The van der Waals surface area contributed by atoms with Gasteiger partial charge in [-0.2, -0.15) is 0 Å². The summed E-state index contributed by atoms with van der Waals surface area (Å²) in [5, 5.41) is 0. The first-order valence-corrected chi connectivity index (χ1v) is 10.1. The number of benzene rings is 1. The van der Waals surface area contributed by atoms with Gasteiger partial charge in [0.05, 0.1) is 0 Å². The van der Waals surface area contributed by atoms with E-state index in [0.29, 0.717) is 0 Å². The Kier molecular flexibility index (Phi) is 5.84. The van der Waals surface area contributed by atoms with Crippen LogP contribution in [0.15, 0.2) is 30.3 Å². The fourth-order valence-corrected chi connectivity index (χ4v) is 2.19. The molecule has 0 saturated heterocycles. The average molecular weight is 274 g/mol. The molecule has 19 heavy (non-hydrogen) atoms. The third kappa shape index (κ3) is 7.48. The number of esters is 1. The molecular weight excluding hydrogens is 252 g/mol. The lowest BCUT2D eigenvalue weighted by Gasteiger charge is -2.12. The van der Waals surface area contributed by atoms with Crippen LogP contribution in [-0.4, -0.2) is 20.1 Å². The van der Waals surface area contributed by atoms with Crippen molar-refractivity contribution in [2.75, 3.05) is 0 Å². The summed E-state index contributed by atoms with van der Waals surface area (Å²) in [4.78, 5) is 11.1. The lowest BCUT2D eigenvalue weighted by molar-refractivity contribution is -0.143. The minimum Gasteiger partial charge on any atom is -0.449 e. The zero-order valence-electron chi connectivity index (χ0n) is 12.2. The molecule has 2 nitrogen and oxygen atoms in total. The summed E-state index contributed by atoms with van der Waals surface area (Å²) in [7, 11) is -1.43. The van der Waals surface area contributed by atoms with Crippen molar-refractivity contribution in [3.05, 3.63) is 35.9 Å². The van der Waals surface area contributed by atoms with Crippen LogP contribution in [0.5, 0.6) is 0 Å². The fraction of sp³-hybridized carbons (Fsp3) is 0.438. The number of aryl methyl sites for hydroxylation is 1. The Morgan fingerprint density at radius 1 is 1.26 bits per heavy atom. The second kappa shape index (κ2) is 7.15. The predicted molar refractivity (Wildman–Crippen MR) is 81.4 cm³/mol. The van der Waals surface area contributed by atoms with Crippen LogP contribution in [0.2, 0.25) is 19.6 Å². The molecule has 3 heteroatoms. The van der Waals surface area contributed by atoms with Gasteiger partial charge >= 0.3 is 5.97 Å². The minimum atomic E-state index is -1.43. The molecule has 1 aromatic carbocycles. The molecule has 1 unspecified atom stereocenters. The number of ether oxygens (including phenoxy) is 1. The highest BCUT2D eigenvalue weighted by atomic mass is 28.3. The van der Waals surface area contributed by atoms with E-state index >= 15 is 0 Å². The molecule has 1 rings (SSSR count). The summed E-state index contributed by atoms with van der Waals surface area (Å²) in [5.41, 5.74) is 4.52. The maximum Gasteiger partial charge on any atom is 0.303 e. The van der Waals surface area contributed by atoms with Gasteiger partial charge in [-0.1, -0.05) is 55.9 Å². The molecule has 0 aromatic heterocycles. The summed E-state index contributed by atoms with van der Waals surface area (Å²) in [5.74, 6) is 2.87. The zero-order chi connectivity index (χ0) is 14.3. The highest BCUT2D eigenvalue weighted by molar-refractivity contribution is 6.83. The Labute approximate surface area is 117 Å². The van der Waals surface area contributed by atoms with Crippen LogP contribution in [0.1, 0.15) is 18.9 Å². The average Bonchev–Trinajstić information content (AvgIpc) is 2.32. The largest absolute Gasteiger partial charge is 0.449 e. The van der Waals surface area contributed by atoms with Crippen molar-refractivity contribution >= 4 is 14.0 Å². The van der Waals surface area contributed by atoms with E-state index in [2.05, 4.69) is 43.2 Å². The summed E-state index contributed by atoms with van der Waals surface area (Å²) < 4.78 is 5.28. The molecule has 0 bridgehead atoms. The topological polar surface area (TPSA) is 26.3 Å². The molecule has 0 aliphatic heterocycles. The molecule has 0 fully saturated rings. The first-order valence-electron chi connectivity index (χ1n) is 6.61. The van der Waals surface area contributed by atoms with E-state index in [1.165, 1.54) is 12.5 Å². The summed E-state index contributed by atoms with van der Waals surface area (Å²) in [6, 6.07) is 10.2. The maximum atomic E-state index is 11.1. The standard InChI is InChI=1S/C16H22O2Si/c1-14(17)18-16(12-13-19(2,3)4)11-10-15-8-6-5-7-9-15/h5-9,16H,10-11H2,1-4H3. The van der Waals surface area contributed by atoms with Crippen molar-refractivity contribution in [1.29, 1.82) is 0 Å². The molecular formula is C16H22O2Si. The van der Waals surface area contributed by atoms with Crippen molar-refractivity contribution in [3.8, 4) is 11.5 Å². The molecule has 1 atom stereocenters. The third-order valence-electron chi connectivity index (χ3n) is 2.45. The van der Waals surface area contributed by atoms with Gasteiger partial charge in [-0.05, 0) is 18.4 Å². The number of hydrogen-bond donors (Lipinski definition) is 0. The van der Waals surface area contributed by atoms with Gasteiger partial charge in [0.2, 0.25) is 0 Å². The van der Waals surface area contributed by atoms with Gasteiger partial charge in [-0.3, -0.25) is 4.79 Å². The minimum absolute atomic E-state index is 0.261. The van der Waals surface area contributed by atoms with E-state index in [-0.39, 0.29) is 12.1 Å². The molecule has 0 aliphatic carbocycles.